The van der Waals surface area contributed by atoms with E-state index in [-0.39, 0.29) is 5.91 Å². The number of nitrogens with one attached hydrogen (secondary N) is 1. The standard InChI is InChI=1S/C26H26N8OS/c1-18-3-5-21(6-4-18)34-24(30-26(35)22-14-29-33-10-2-9-27-25(22)33)13-23(31-34)19-7-11-32(12-8-19)15-20-16-36-17-28-20/h2-6,9-10,13-14,16-17,19H,7-8,11-12,15H2,1H3,(H,30,35). The summed E-state index contributed by atoms with van der Waals surface area (Å²) in [6.07, 6.45) is 7.00. The lowest BCUT2D eigenvalue weighted by atomic mass is 9.93. The van der Waals surface area contributed by atoms with Gasteiger partial charge in [0.25, 0.3) is 5.91 Å². The molecule has 5 aromatic rings. The number of anilines is 1. The Labute approximate surface area is 212 Å². The summed E-state index contributed by atoms with van der Waals surface area (Å²) in [6, 6.07) is 11.9. The molecule has 0 radical (unpaired) electrons. The van der Waals surface area contributed by atoms with Crippen LogP contribution in [0.1, 0.15) is 46.1 Å². The Hall–Kier alpha value is -3.89. The zero-order chi connectivity index (χ0) is 24.5. The third-order valence-electron chi connectivity index (χ3n) is 6.65. The molecule has 1 aromatic carbocycles. The third-order valence-corrected chi connectivity index (χ3v) is 7.28. The Balaban J connectivity index is 1.25. The van der Waals surface area contributed by atoms with Gasteiger partial charge in [-0.05, 0) is 51.1 Å². The lowest BCUT2D eigenvalue weighted by Crippen LogP contribution is -2.32. The van der Waals surface area contributed by atoms with Crippen LogP contribution in [0.5, 0.6) is 0 Å². The molecule has 9 nitrogen and oxygen atoms in total. The van der Waals surface area contributed by atoms with Crippen molar-refractivity contribution in [2.75, 3.05) is 18.4 Å². The highest BCUT2D eigenvalue weighted by Gasteiger charge is 2.25. The second-order valence-corrected chi connectivity index (χ2v) is 9.85. The maximum absolute atomic E-state index is 13.2. The normalized spacial score (nSPS) is 14.9. The summed E-state index contributed by atoms with van der Waals surface area (Å²) in [5.74, 6) is 0.707. The Bertz CT molecular complexity index is 1480. The van der Waals surface area contributed by atoms with Gasteiger partial charge in [-0.25, -0.2) is 19.2 Å². The first-order valence-corrected chi connectivity index (χ1v) is 12.9. The Morgan fingerprint density at radius 2 is 2.00 bits per heavy atom. The summed E-state index contributed by atoms with van der Waals surface area (Å²) in [4.78, 5) is 24.4. The molecule has 1 saturated heterocycles. The number of aromatic nitrogens is 6. The molecule has 0 saturated carbocycles. The average Bonchev–Trinajstić information content (AvgIpc) is 3.65. The summed E-state index contributed by atoms with van der Waals surface area (Å²) in [7, 11) is 0. The number of amides is 1. The van der Waals surface area contributed by atoms with Gasteiger partial charge in [0.15, 0.2) is 5.65 Å². The van der Waals surface area contributed by atoms with Crippen LogP contribution in [0.15, 0.2) is 65.9 Å². The van der Waals surface area contributed by atoms with E-state index in [4.69, 9.17) is 5.10 Å². The van der Waals surface area contributed by atoms with Crippen LogP contribution in [-0.2, 0) is 6.54 Å². The van der Waals surface area contributed by atoms with Crippen LogP contribution in [0.3, 0.4) is 0 Å². The summed E-state index contributed by atoms with van der Waals surface area (Å²) in [5.41, 5.74) is 7.03. The highest BCUT2D eigenvalue weighted by atomic mass is 32.1. The number of thiazole rings is 1. The lowest BCUT2D eigenvalue weighted by molar-refractivity contribution is 0.102. The number of rotatable bonds is 6. The number of likely N-dealkylation sites (tertiary alicyclic amines) is 1. The van der Waals surface area contributed by atoms with E-state index in [1.54, 1.807) is 40.5 Å². The lowest BCUT2D eigenvalue weighted by Gasteiger charge is -2.30. The van der Waals surface area contributed by atoms with E-state index in [0.717, 1.165) is 49.6 Å². The van der Waals surface area contributed by atoms with Gasteiger partial charge in [-0.15, -0.1) is 11.3 Å². The number of fused-ring (bicyclic) bond motifs is 1. The second-order valence-electron chi connectivity index (χ2n) is 9.13. The van der Waals surface area contributed by atoms with E-state index >= 15 is 0 Å². The number of carbonyl (C=O) groups is 1. The molecule has 0 spiro atoms. The molecule has 0 aliphatic carbocycles. The molecule has 1 aliphatic heterocycles. The minimum Gasteiger partial charge on any atom is -0.306 e. The van der Waals surface area contributed by atoms with Crippen LogP contribution in [0.25, 0.3) is 11.3 Å². The van der Waals surface area contributed by atoms with E-state index in [1.165, 1.54) is 5.56 Å². The molecular weight excluding hydrogens is 472 g/mol. The minimum atomic E-state index is -0.262. The number of aryl methyl sites for hydroxylation is 1. The fourth-order valence-electron chi connectivity index (χ4n) is 4.67. The summed E-state index contributed by atoms with van der Waals surface area (Å²) < 4.78 is 3.42. The topological polar surface area (TPSA) is 93.2 Å². The first-order chi connectivity index (χ1) is 17.6. The van der Waals surface area contributed by atoms with Gasteiger partial charge in [0.05, 0.1) is 28.8 Å². The van der Waals surface area contributed by atoms with E-state index in [9.17, 15) is 4.79 Å². The molecule has 5 heterocycles. The van der Waals surface area contributed by atoms with Crippen LogP contribution in [0, 0.1) is 6.92 Å². The molecule has 1 N–H and O–H groups in total. The molecule has 6 rings (SSSR count). The third kappa shape index (κ3) is 4.52. The van der Waals surface area contributed by atoms with Crippen molar-refractivity contribution in [1.29, 1.82) is 0 Å². The first kappa shape index (κ1) is 22.6. The summed E-state index contributed by atoms with van der Waals surface area (Å²) >= 11 is 1.64. The van der Waals surface area contributed by atoms with Crippen LogP contribution < -0.4 is 5.32 Å². The van der Waals surface area contributed by atoms with Gasteiger partial charge in [-0.3, -0.25) is 9.69 Å². The summed E-state index contributed by atoms with van der Waals surface area (Å²) in [5, 5.41) is 14.4. The fraction of sp³-hybridized carbons (Fsp3) is 0.269. The van der Waals surface area contributed by atoms with Gasteiger partial charge < -0.3 is 5.32 Å². The molecule has 182 valence electrons. The van der Waals surface area contributed by atoms with Crippen LogP contribution in [-0.4, -0.2) is 53.3 Å². The number of piperidine rings is 1. The SMILES string of the molecule is Cc1ccc(-n2nc(C3CCN(Cc4cscn4)CC3)cc2NC(=O)c2cnn3cccnc23)cc1. The van der Waals surface area contributed by atoms with Gasteiger partial charge in [-0.2, -0.15) is 10.2 Å². The van der Waals surface area contributed by atoms with E-state index in [2.05, 4.69) is 49.7 Å². The molecule has 10 heteroatoms. The predicted molar refractivity (Wildman–Crippen MR) is 139 cm³/mol. The molecule has 0 bridgehead atoms. The van der Waals surface area contributed by atoms with Crippen LogP contribution in [0.2, 0.25) is 0 Å². The molecule has 36 heavy (non-hydrogen) atoms. The van der Waals surface area contributed by atoms with Crippen molar-refractivity contribution >= 4 is 28.7 Å². The average molecular weight is 499 g/mol. The van der Waals surface area contributed by atoms with Crippen molar-refractivity contribution in [2.45, 2.75) is 32.2 Å². The van der Waals surface area contributed by atoms with Crippen molar-refractivity contribution in [3.8, 4) is 5.69 Å². The van der Waals surface area contributed by atoms with Crippen LogP contribution in [0.4, 0.5) is 5.82 Å². The van der Waals surface area contributed by atoms with Crippen molar-refractivity contribution in [3.63, 3.8) is 0 Å². The van der Waals surface area contributed by atoms with Crippen molar-refractivity contribution in [3.05, 3.63) is 88.4 Å². The molecule has 4 aromatic heterocycles. The zero-order valence-corrected chi connectivity index (χ0v) is 20.7. The van der Waals surface area contributed by atoms with Crippen molar-refractivity contribution < 1.29 is 4.79 Å². The quantitative estimate of drug-likeness (QED) is 0.375. The minimum absolute atomic E-state index is 0.262. The number of hydrogen-bond acceptors (Lipinski definition) is 7. The van der Waals surface area contributed by atoms with E-state index in [1.807, 2.05) is 28.4 Å². The van der Waals surface area contributed by atoms with Gasteiger partial charge in [-0.1, -0.05) is 17.7 Å². The molecule has 1 amide bonds. The molecule has 1 aliphatic rings. The van der Waals surface area contributed by atoms with Crippen LogP contribution >= 0.6 is 11.3 Å². The maximum atomic E-state index is 13.2. The number of benzene rings is 1. The Kier molecular flexibility index (Phi) is 6.04. The van der Waals surface area contributed by atoms with Gasteiger partial charge in [0.2, 0.25) is 0 Å². The van der Waals surface area contributed by atoms with Gasteiger partial charge in [0.1, 0.15) is 11.4 Å². The Morgan fingerprint density at radius 1 is 1.17 bits per heavy atom. The maximum Gasteiger partial charge on any atom is 0.262 e. The monoisotopic (exact) mass is 498 g/mol. The molecule has 1 fully saturated rings. The highest BCUT2D eigenvalue weighted by molar-refractivity contribution is 7.07. The largest absolute Gasteiger partial charge is 0.306 e. The number of carbonyl (C=O) groups excluding carboxylic acids is 1. The summed E-state index contributed by atoms with van der Waals surface area (Å²) in [6.45, 7) is 4.94. The second kappa shape index (κ2) is 9.63. The first-order valence-electron chi connectivity index (χ1n) is 12.0. The van der Waals surface area contributed by atoms with Crippen molar-refractivity contribution in [1.82, 2.24) is 34.3 Å². The van der Waals surface area contributed by atoms with Crippen molar-refractivity contribution in [2.24, 2.45) is 0 Å². The number of nitrogens with zero attached hydrogens (tertiary/aromatic N) is 7. The predicted octanol–water partition coefficient (Wildman–Crippen LogP) is 4.31. The molecule has 0 atom stereocenters. The van der Waals surface area contributed by atoms with E-state index in [0.29, 0.717) is 22.9 Å². The van der Waals surface area contributed by atoms with Gasteiger partial charge in [0, 0.05) is 36.3 Å². The highest BCUT2D eigenvalue weighted by Crippen LogP contribution is 2.31. The number of hydrogen-bond donors (Lipinski definition) is 1. The zero-order valence-electron chi connectivity index (χ0n) is 19.9. The molecule has 0 unspecified atom stereocenters. The smallest absolute Gasteiger partial charge is 0.262 e. The Morgan fingerprint density at radius 3 is 2.78 bits per heavy atom. The fourth-order valence-corrected chi connectivity index (χ4v) is 5.22. The van der Waals surface area contributed by atoms with E-state index < -0.39 is 0 Å². The molecular formula is C26H26N8OS. The van der Waals surface area contributed by atoms with Gasteiger partial charge >= 0.3 is 0 Å².